The Morgan fingerprint density at radius 1 is 0.750 bits per heavy atom. The van der Waals surface area contributed by atoms with Gasteiger partial charge in [-0.2, -0.15) is 0 Å². The SMILES string of the molecule is BrCCOc1ccc(/C(=C\c2ccccc2)c2ccccc2)cc1. The lowest BCUT2D eigenvalue weighted by atomic mass is 9.95. The van der Waals surface area contributed by atoms with Crippen molar-refractivity contribution in [3.05, 3.63) is 102 Å². The van der Waals surface area contributed by atoms with Gasteiger partial charge >= 0.3 is 0 Å². The quantitative estimate of drug-likeness (QED) is 0.374. The molecule has 0 N–H and O–H groups in total. The number of hydrogen-bond acceptors (Lipinski definition) is 1. The van der Waals surface area contributed by atoms with Crippen molar-refractivity contribution in [3.63, 3.8) is 0 Å². The monoisotopic (exact) mass is 378 g/mol. The number of ether oxygens (including phenoxy) is 1. The average Bonchev–Trinajstić information content (AvgIpc) is 2.66. The zero-order valence-electron chi connectivity index (χ0n) is 13.4. The van der Waals surface area contributed by atoms with Crippen LogP contribution in [0.3, 0.4) is 0 Å². The van der Waals surface area contributed by atoms with Gasteiger partial charge < -0.3 is 4.74 Å². The fraction of sp³-hybridized carbons (Fsp3) is 0.0909. The van der Waals surface area contributed by atoms with Gasteiger partial charge in [0.1, 0.15) is 5.75 Å². The summed E-state index contributed by atoms with van der Waals surface area (Å²) in [5.41, 5.74) is 4.77. The van der Waals surface area contributed by atoms with Gasteiger partial charge in [-0.25, -0.2) is 0 Å². The van der Waals surface area contributed by atoms with Crippen LogP contribution in [0.4, 0.5) is 0 Å². The third-order valence-electron chi connectivity index (χ3n) is 3.71. The second kappa shape index (κ2) is 8.51. The minimum atomic E-state index is 0.671. The first-order chi connectivity index (χ1) is 11.9. The standard InChI is InChI=1S/C22H19BrO/c23-15-16-24-21-13-11-20(12-14-21)22(19-9-5-2-6-10-19)17-18-7-3-1-4-8-18/h1-14,17H,15-16H2/b22-17-. The zero-order chi connectivity index (χ0) is 16.6. The van der Waals surface area contributed by atoms with Crippen molar-refractivity contribution in [1.82, 2.24) is 0 Å². The summed E-state index contributed by atoms with van der Waals surface area (Å²) >= 11 is 3.38. The smallest absolute Gasteiger partial charge is 0.119 e. The lowest BCUT2D eigenvalue weighted by Crippen LogP contribution is -1.97. The fourth-order valence-corrected chi connectivity index (χ4v) is 2.72. The minimum absolute atomic E-state index is 0.671. The molecule has 0 aliphatic heterocycles. The molecule has 0 spiro atoms. The minimum Gasteiger partial charge on any atom is -0.493 e. The lowest BCUT2D eigenvalue weighted by molar-refractivity contribution is 0.345. The maximum absolute atomic E-state index is 5.65. The highest BCUT2D eigenvalue weighted by Gasteiger charge is 2.06. The van der Waals surface area contributed by atoms with Crippen molar-refractivity contribution in [2.24, 2.45) is 0 Å². The Morgan fingerprint density at radius 3 is 1.96 bits per heavy atom. The molecule has 0 atom stereocenters. The van der Waals surface area contributed by atoms with E-state index in [0.29, 0.717) is 6.61 Å². The van der Waals surface area contributed by atoms with Crippen LogP contribution < -0.4 is 4.74 Å². The van der Waals surface area contributed by atoms with Gasteiger partial charge in [0.05, 0.1) is 6.61 Å². The Bertz CT molecular complexity index is 777. The second-order valence-corrected chi connectivity index (χ2v) is 6.19. The van der Waals surface area contributed by atoms with Crippen LogP contribution in [0.1, 0.15) is 16.7 Å². The molecule has 3 aromatic rings. The molecule has 0 aliphatic rings. The molecule has 0 bridgehead atoms. The summed E-state index contributed by atoms with van der Waals surface area (Å²) < 4.78 is 5.65. The van der Waals surface area contributed by atoms with Crippen molar-refractivity contribution in [3.8, 4) is 5.75 Å². The maximum Gasteiger partial charge on any atom is 0.119 e. The first kappa shape index (κ1) is 16.5. The highest BCUT2D eigenvalue weighted by atomic mass is 79.9. The summed E-state index contributed by atoms with van der Waals surface area (Å²) in [6, 6.07) is 29.2. The van der Waals surface area contributed by atoms with E-state index in [-0.39, 0.29) is 0 Å². The molecule has 0 aromatic heterocycles. The van der Waals surface area contributed by atoms with Gasteiger partial charge in [0.25, 0.3) is 0 Å². The lowest BCUT2D eigenvalue weighted by Gasteiger charge is -2.11. The summed E-state index contributed by atoms with van der Waals surface area (Å²) in [4.78, 5) is 0. The molecule has 0 heterocycles. The van der Waals surface area contributed by atoms with Crippen LogP contribution >= 0.6 is 15.9 Å². The third kappa shape index (κ3) is 4.36. The van der Waals surface area contributed by atoms with E-state index >= 15 is 0 Å². The predicted molar refractivity (Wildman–Crippen MR) is 106 cm³/mol. The van der Waals surface area contributed by atoms with Gasteiger partial charge in [-0.1, -0.05) is 88.7 Å². The van der Waals surface area contributed by atoms with Crippen LogP contribution in [0, 0.1) is 0 Å². The van der Waals surface area contributed by atoms with E-state index in [2.05, 4.69) is 82.7 Å². The van der Waals surface area contributed by atoms with Gasteiger partial charge in [-0.05, 0) is 40.5 Å². The molecule has 2 heteroatoms. The normalized spacial score (nSPS) is 11.3. The largest absolute Gasteiger partial charge is 0.493 e. The maximum atomic E-state index is 5.65. The molecule has 0 unspecified atom stereocenters. The Labute approximate surface area is 151 Å². The predicted octanol–water partition coefficient (Wildman–Crippen LogP) is 6.05. The highest BCUT2D eigenvalue weighted by Crippen LogP contribution is 2.27. The van der Waals surface area contributed by atoms with Crippen molar-refractivity contribution in [2.75, 3.05) is 11.9 Å². The zero-order valence-corrected chi connectivity index (χ0v) is 14.9. The topological polar surface area (TPSA) is 9.23 Å². The summed E-state index contributed by atoms with van der Waals surface area (Å²) in [7, 11) is 0. The van der Waals surface area contributed by atoms with E-state index in [1.54, 1.807) is 0 Å². The molecule has 24 heavy (non-hydrogen) atoms. The van der Waals surface area contributed by atoms with E-state index in [9.17, 15) is 0 Å². The van der Waals surface area contributed by atoms with Crippen molar-refractivity contribution < 1.29 is 4.74 Å². The van der Waals surface area contributed by atoms with Crippen molar-refractivity contribution in [1.29, 1.82) is 0 Å². The Morgan fingerprint density at radius 2 is 1.33 bits per heavy atom. The summed E-state index contributed by atoms with van der Waals surface area (Å²) in [5.74, 6) is 0.894. The van der Waals surface area contributed by atoms with Crippen LogP contribution in [0.5, 0.6) is 5.75 Å². The van der Waals surface area contributed by atoms with E-state index in [1.165, 1.54) is 22.3 Å². The van der Waals surface area contributed by atoms with E-state index in [4.69, 9.17) is 4.74 Å². The molecule has 120 valence electrons. The molecule has 0 saturated carbocycles. The highest BCUT2D eigenvalue weighted by molar-refractivity contribution is 9.09. The summed E-state index contributed by atoms with van der Waals surface area (Å²) in [6.45, 7) is 0.671. The molecule has 3 aromatic carbocycles. The number of hydrogen-bond donors (Lipinski definition) is 0. The van der Waals surface area contributed by atoms with Crippen LogP contribution in [0.2, 0.25) is 0 Å². The van der Waals surface area contributed by atoms with Crippen LogP contribution in [-0.4, -0.2) is 11.9 Å². The van der Waals surface area contributed by atoms with E-state index in [1.807, 2.05) is 24.3 Å². The molecule has 0 saturated heterocycles. The Kier molecular flexibility index (Phi) is 5.86. The van der Waals surface area contributed by atoms with Crippen LogP contribution in [0.15, 0.2) is 84.9 Å². The first-order valence-corrected chi connectivity index (χ1v) is 9.10. The summed E-state index contributed by atoms with van der Waals surface area (Å²) in [5, 5.41) is 0.831. The Hall–Kier alpha value is -2.32. The number of alkyl halides is 1. The van der Waals surface area contributed by atoms with Gasteiger partial charge in [-0.15, -0.1) is 0 Å². The number of rotatable bonds is 6. The van der Waals surface area contributed by atoms with Gasteiger partial charge in [0.15, 0.2) is 0 Å². The molecule has 1 nitrogen and oxygen atoms in total. The molecule has 3 rings (SSSR count). The van der Waals surface area contributed by atoms with Crippen LogP contribution in [0.25, 0.3) is 11.6 Å². The second-order valence-electron chi connectivity index (χ2n) is 5.40. The molecule has 0 fully saturated rings. The average molecular weight is 379 g/mol. The van der Waals surface area contributed by atoms with Crippen molar-refractivity contribution >= 4 is 27.6 Å². The number of benzene rings is 3. The van der Waals surface area contributed by atoms with Crippen LogP contribution in [-0.2, 0) is 0 Å². The van der Waals surface area contributed by atoms with Gasteiger partial charge in [-0.3, -0.25) is 0 Å². The van der Waals surface area contributed by atoms with E-state index in [0.717, 1.165) is 11.1 Å². The molecular formula is C22H19BrO. The van der Waals surface area contributed by atoms with Gasteiger partial charge in [0, 0.05) is 5.33 Å². The van der Waals surface area contributed by atoms with E-state index < -0.39 is 0 Å². The molecule has 0 aliphatic carbocycles. The van der Waals surface area contributed by atoms with Crippen molar-refractivity contribution in [2.45, 2.75) is 0 Å². The molecular weight excluding hydrogens is 360 g/mol. The molecule has 0 radical (unpaired) electrons. The van der Waals surface area contributed by atoms with Gasteiger partial charge in [0.2, 0.25) is 0 Å². The first-order valence-electron chi connectivity index (χ1n) is 7.98. The summed E-state index contributed by atoms with van der Waals surface area (Å²) in [6.07, 6.45) is 2.23. The third-order valence-corrected chi connectivity index (χ3v) is 4.03. The molecule has 0 amide bonds. The number of halogens is 1. The fourth-order valence-electron chi connectivity index (χ4n) is 2.55. The Balaban J connectivity index is 1.97.